The normalized spacial score (nSPS) is 15.2. The maximum atomic E-state index is 12.7. The number of nitrogens with zero attached hydrogens (tertiary/aromatic N) is 1. The molecule has 1 N–H and O–H groups in total. The van der Waals surface area contributed by atoms with Crippen LogP contribution in [-0.2, 0) is 10.0 Å². The Morgan fingerprint density at radius 3 is 2.52 bits per heavy atom. The first kappa shape index (κ1) is 16.3. The molecule has 0 saturated heterocycles. The molecule has 0 aromatic heterocycles. The van der Waals surface area contributed by atoms with E-state index in [1.54, 1.807) is 0 Å². The van der Waals surface area contributed by atoms with Crippen molar-refractivity contribution in [3.8, 4) is 0 Å². The highest BCUT2D eigenvalue weighted by Gasteiger charge is 2.39. The Bertz CT molecular complexity index is 698. The number of halogens is 2. The maximum absolute atomic E-state index is 12.7. The Kier molecular flexibility index (Phi) is 4.63. The summed E-state index contributed by atoms with van der Waals surface area (Å²) in [5.74, 6) is -1.37. The van der Waals surface area contributed by atoms with Crippen LogP contribution in [0.2, 0.25) is 10.0 Å². The van der Waals surface area contributed by atoms with Gasteiger partial charge in [-0.25, -0.2) is 13.2 Å². The predicted octanol–water partition coefficient (Wildman–Crippen LogP) is 3.03. The smallest absolute Gasteiger partial charge is 0.338 e. The van der Waals surface area contributed by atoms with E-state index in [2.05, 4.69) is 6.58 Å². The van der Waals surface area contributed by atoms with E-state index in [1.807, 2.05) is 0 Å². The van der Waals surface area contributed by atoms with Crippen LogP contribution in [0.4, 0.5) is 0 Å². The van der Waals surface area contributed by atoms with Gasteiger partial charge in [0.05, 0.1) is 15.6 Å². The van der Waals surface area contributed by atoms with Gasteiger partial charge in [0.2, 0.25) is 10.0 Å². The highest BCUT2D eigenvalue weighted by atomic mass is 35.5. The molecule has 21 heavy (non-hydrogen) atoms. The third kappa shape index (κ3) is 3.08. The van der Waals surface area contributed by atoms with Gasteiger partial charge in [-0.05, 0) is 25.0 Å². The van der Waals surface area contributed by atoms with Crippen LogP contribution in [0.15, 0.2) is 29.7 Å². The van der Waals surface area contributed by atoms with E-state index in [9.17, 15) is 13.2 Å². The molecule has 2 rings (SSSR count). The second-order valence-corrected chi connectivity index (χ2v) is 7.28. The number of hydrogen-bond acceptors (Lipinski definition) is 3. The number of sulfonamides is 1. The van der Waals surface area contributed by atoms with Crippen LogP contribution in [0.25, 0.3) is 0 Å². The topological polar surface area (TPSA) is 74.7 Å². The Balaban J connectivity index is 2.57. The van der Waals surface area contributed by atoms with Crippen LogP contribution in [0, 0.1) is 0 Å². The van der Waals surface area contributed by atoms with E-state index in [1.165, 1.54) is 22.5 Å². The van der Waals surface area contributed by atoms with Gasteiger partial charge in [0.25, 0.3) is 0 Å². The number of carboxylic acids is 1. The van der Waals surface area contributed by atoms with Gasteiger partial charge in [-0.15, -0.1) is 6.58 Å². The summed E-state index contributed by atoms with van der Waals surface area (Å²) in [7, 11) is -3.90. The lowest BCUT2D eigenvalue weighted by atomic mass is 10.2. The Morgan fingerprint density at radius 1 is 1.43 bits per heavy atom. The van der Waals surface area contributed by atoms with Crippen molar-refractivity contribution < 1.29 is 18.3 Å². The fraction of sp³-hybridized carbons (Fsp3) is 0.308. The summed E-state index contributed by atoms with van der Waals surface area (Å²) >= 11 is 11.7. The first-order valence-electron chi connectivity index (χ1n) is 6.14. The predicted molar refractivity (Wildman–Crippen MR) is 80.5 cm³/mol. The molecule has 0 aliphatic heterocycles. The molecule has 1 saturated carbocycles. The van der Waals surface area contributed by atoms with Gasteiger partial charge in [-0.2, -0.15) is 4.31 Å². The van der Waals surface area contributed by atoms with Gasteiger partial charge in [0.15, 0.2) is 0 Å². The molecule has 1 aromatic carbocycles. The summed E-state index contributed by atoms with van der Waals surface area (Å²) in [6.45, 7) is 3.69. The molecule has 1 fully saturated rings. The SMILES string of the molecule is C=CCN(C1CC1)S(=O)(=O)c1ccc(Cl)c(C(=O)O)c1Cl. The van der Waals surface area contributed by atoms with Gasteiger partial charge < -0.3 is 5.11 Å². The standard InChI is InChI=1S/C13H13Cl2NO4S/c1-2-7-16(8-3-4-8)21(19,20)10-6-5-9(14)11(12(10)15)13(17)18/h2,5-6,8H,1,3-4,7H2,(H,17,18). The lowest BCUT2D eigenvalue weighted by Crippen LogP contribution is -2.33. The van der Waals surface area contributed by atoms with E-state index in [4.69, 9.17) is 28.3 Å². The number of benzene rings is 1. The average molecular weight is 350 g/mol. The van der Waals surface area contributed by atoms with Crippen molar-refractivity contribution in [1.82, 2.24) is 4.31 Å². The Morgan fingerprint density at radius 2 is 2.05 bits per heavy atom. The molecular weight excluding hydrogens is 337 g/mol. The van der Waals surface area contributed by atoms with Crippen molar-refractivity contribution in [3.63, 3.8) is 0 Å². The van der Waals surface area contributed by atoms with Crippen molar-refractivity contribution >= 4 is 39.2 Å². The van der Waals surface area contributed by atoms with E-state index < -0.39 is 21.6 Å². The number of rotatable bonds is 6. The highest BCUT2D eigenvalue weighted by Crippen LogP contribution is 2.37. The number of hydrogen-bond donors (Lipinski definition) is 1. The van der Waals surface area contributed by atoms with E-state index >= 15 is 0 Å². The zero-order valence-corrected chi connectivity index (χ0v) is 13.2. The summed E-state index contributed by atoms with van der Waals surface area (Å²) in [4.78, 5) is 10.9. The molecule has 0 heterocycles. The van der Waals surface area contributed by atoms with Crippen molar-refractivity contribution in [2.45, 2.75) is 23.8 Å². The molecule has 0 spiro atoms. The summed E-state index contributed by atoms with van der Waals surface area (Å²) < 4.78 is 26.6. The molecule has 1 aliphatic carbocycles. The maximum Gasteiger partial charge on any atom is 0.338 e. The van der Waals surface area contributed by atoms with Crippen LogP contribution in [0.5, 0.6) is 0 Å². The van der Waals surface area contributed by atoms with Gasteiger partial charge in [-0.3, -0.25) is 0 Å². The molecule has 1 aliphatic rings. The number of carbonyl (C=O) groups is 1. The number of aromatic carboxylic acids is 1. The van der Waals surface area contributed by atoms with Crippen LogP contribution >= 0.6 is 23.2 Å². The largest absolute Gasteiger partial charge is 0.478 e. The van der Waals surface area contributed by atoms with Crippen LogP contribution in [0.3, 0.4) is 0 Å². The van der Waals surface area contributed by atoms with Gasteiger partial charge in [0.1, 0.15) is 4.90 Å². The van der Waals surface area contributed by atoms with Crippen LogP contribution < -0.4 is 0 Å². The zero-order valence-electron chi connectivity index (χ0n) is 10.9. The van der Waals surface area contributed by atoms with Crippen LogP contribution in [-0.4, -0.2) is 36.4 Å². The highest BCUT2D eigenvalue weighted by molar-refractivity contribution is 7.89. The molecule has 5 nitrogen and oxygen atoms in total. The molecule has 0 amide bonds. The zero-order chi connectivity index (χ0) is 15.8. The summed E-state index contributed by atoms with van der Waals surface area (Å²) in [6.07, 6.45) is 3.02. The first-order valence-corrected chi connectivity index (χ1v) is 8.34. The van der Waals surface area contributed by atoms with Gasteiger partial charge in [0, 0.05) is 12.6 Å². The third-order valence-electron chi connectivity index (χ3n) is 3.12. The minimum absolute atomic E-state index is 0.0898. The minimum Gasteiger partial charge on any atom is -0.478 e. The Labute approximate surface area is 132 Å². The summed E-state index contributed by atoms with van der Waals surface area (Å²) in [5, 5.41) is 8.63. The van der Waals surface area contributed by atoms with E-state index in [-0.39, 0.29) is 27.5 Å². The second-order valence-electron chi connectivity index (χ2n) is 4.63. The fourth-order valence-electron chi connectivity index (χ4n) is 1.99. The second kappa shape index (κ2) is 5.96. The van der Waals surface area contributed by atoms with Crippen molar-refractivity contribution in [3.05, 3.63) is 40.4 Å². The lowest BCUT2D eigenvalue weighted by molar-refractivity contribution is 0.0697. The van der Waals surface area contributed by atoms with E-state index in [0.29, 0.717) is 0 Å². The molecule has 0 unspecified atom stereocenters. The molecule has 0 bridgehead atoms. The van der Waals surface area contributed by atoms with Crippen LogP contribution in [0.1, 0.15) is 23.2 Å². The quantitative estimate of drug-likeness (QED) is 0.801. The number of carboxylic acid groups (broad SMARTS) is 1. The molecular formula is C13H13Cl2NO4S. The lowest BCUT2D eigenvalue weighted by Gasteiger charge is -2.21. The average Bonchev–Trinajstić information content (AvgIpc) is 3.19. The minimum atomic E-state index is -3.90. The fourth-order valence-corrected chi connectivity index (χ4v) is 4.54. The first-order chi connectivity index (χ1) is 9.80. The molecule has 114 valence electrons. The molecule has 0 radical (unpaired) electrons. The summed E-state index contributed by atoms with van der Waals surface area (Å²) in [5.41, 5.74) is -0.409. The third-order valence-corrected chi connectivity index (χ3v) is 5.90. The van der Waals surface area contributed by atoms with Crippen molar-refractivity contribution in [2.75, 3.05) is 6.54 Å². The molecule has 0 atom stereocenters. The van der Waals surface area contributed by atoms with Crippen molar-refractivity contribution in [2.24, 2.45) is 0 Å². The van der Waals surface area contributed by atoms with Gasteiger partial charge >= 0.3 is 5.97 Å². The van der Waals surface area contributed by atoms with Crippen molar-refractivity contribution in [1.29, 1.82) is 0 Å². The van der Waals surface area contributed by atoms with E-state index in [0.717, 1.165) is 12.8 Å². The summed E-state index contributed by atoms with van der Waals surface area (Å²) in [6, 6.07) is 2.36. The van der Waals surface area contributed by atoms with Gasteiger partial charge in [-0.1, -0.05) is 29.3 Å². The molecule has 1 aromatic rings. The Hall–Kier alpha value is -1.08. The molecule has 8 heteroatoms. The monoisotopic (exact) mass is 349 g/mol.